The summed E-state index contributed by atoms with van der Waals surface area (Å²) in [6.45, 7) is 1.51. The van der Waals surface area contributed by atoms with Crippen molar-refractivity contribution in [3.63, 3.8) is 0 Å². The molecule has 1 saturated heterocycles. The van der Waals surface area contributed by atoms with E-state index in [0.29, 0.717) is 19.0 Å². The molecule has 23 heavy (non-hydrogen) atoms. The van der Waals surface area contributed by atoms with Gasteiger partial charge in [0.15, 0.2) is 0 Å². The minimum Gasteiger partial charge on any atom is -0.443 e. The maximum absolute atomic E-state index is 12.1. The molecule has 1 unspecified atom stereocenters. The number of hydrogen-bond donors (Lipinski definition) is 0. The molecular formula is C16H19N5O2. The van der Waals surface area contributed by atoms with Crippen LogP contribution in [0.3, 0.4) is 0 Å². The first-order valence-corrected chi connectivity index (χ1v) is 8.03. The quantitative estimate of drug-likeness (QED) is 0.864. The first kappa shape index (κ1) is 14.2. The number of hydrogen-bond acceptors (Lipinski definition) is 5. The second kappa shape index (κ2) is 5.98. The normalized spacial score (nSPS) is 20.7. The van der Waals surface area contributed by atoms with Crippen LogP contribution in [-0.4, -0.2) is 44.1 Å². The minimum atomic E-state index is -0.291. The lowest BCUT2D eigenvalue weighted by Crippen LogP contribution is -2.29. The van der Waals surface area contributed by atoms with Crippen molar-refractivity contribution < 1.29 is 9.53 Å². The summed E-state index contributed by atoms with van der Waals surface area (Å²) in [7, 11) is 0. The van der Waals surface area contributed by atoms with Crippen molar-refractivity contribution in [2.24, 2.45) is 0 Å². The highest BCUT2D eigenvalue weighted by Crippen LogP contribution is 2.39. The van der Waals surface area contributed by atoms with E-state index in [9.17, 15) is 4.79 Å². The fourth-order valence-corrected chi connectivity index (χ4v) is 2.87. The van der Waals surface area contributed by atoms with Crippen molar-refractivity contribution in [1.82, 2.24) is 24.9 Å². The number of ether oxygens (including phenoxy) is 1. The molecule has 0 aromatic carbocycles. The minimum absolute atomic E-state index is 0.192. The molecule has 0 bridgehead atoms. The lowest BCUT2D eigenvalue weighted by atomic mass is 10.2. The Labute approximate surface area is 134 Å². The smallest absolute Gasteiger partial charge is 0.410 e. The Bertz CT molecular complexity index is 683. The van der Waals surface area contributed by atoms with Crippen LogP contribution in [0.15, 0.2) is 30.6 Å². The Hall–Kier alpha value is -2.44. The molecule has 0 N–H and O–H groups in total. The van der Waals surface area contributed by atoms with Crippen LogP contribution in [0.1, 0.15) is 42.6 Å². The summed E-state index contributed by atoms with van der Waals surface area (Å²) in [6, 6.07) is 5.75. The zero-order chi connectivity index (χ0) is 15.6. The van der Waals surface area contributed by atoms with E-state index in [1.807, 2.05) is 29.1 Å². The summed E-state index contributed by atoms with van der Waals surface area (Å²) in [4.78, 5) is 18.0. The summed E-state index contributed by atoms with van der Waals surface area (Å²) in [5.41, 5.74) is 1.84. The van der Waals surface area contributed by atoms with E-state index >= 15 is 0 Å². The predicted octanol–water partition coefficient (Wildman–Crippen LogP) is 2.13. The molecule has 7 nitrogen and oxygen atoms in total. The van der Waals surface area contributed by atoms with E-state index in [1.165, 1.54) is 12.8 Å². The SMILES string of the molecule is O=C(OCc1ccccn1)N1CCC(n2cc(C3CC3)nn2)C1. The van der Waals surface area contributed by atoms with Crippen LogP contribution in [0.5, 0.6) is 0 Å². The second-order valence-electron chi connectivity index (χ2n) is 6.16. The Morgan fingerprint density at radius 3 is 3.00 bits per heavy atom. The number of carbonyl (C=O) groups is 1. The molecule has 1 amide bonds. The molecule has 1 saturated carbocycles. The third-order valence-electron chi connectivity index (χ3n) is 4.39. The van der Waals surface area contributed by atoms with Crippen LogP contribution in [-0.2, 0) is 11.3 Å². The molecule has 120 valence electrons. The number of nitrogens with zero attached hydrogens (tertiary/aromatic N) is 5. The van der Waals surface area contributed by atoms with Gasteiger partial charge in [-0.2, -0.15) is 0 Å². The average molecular weight is 313 g/mol. The van der Waals surface area contributed by atoms with Crippen LogP contribution < -0.4 is 0 Å². The first-order chi connectivity index (χ1) is 11.3. The zero-order valence-corrected chi connectivity index (χ0v) is 12.8. The van der Waals surface area contributed by atoms with E-state index < -0.39 is 0 Å². The van der Waals surface area contributed by atoms with Gasteiger partial charge < -0.3 is 9.64 Å². The van der Waals surface area contributed by atoms with Crippen molar-refractivity contribution in [2.75, 3.05) is 13.1 Å². The van der Waals surface area contributed by atoms with Gasteiger partial charge in [-0.1, -0.05) is 11.3 Å². The third kappa shape index (κ3) is 3.18. The second-order valence-corrected chi connectivity index (χ2v) is 6.16. The van der Waals surface area contributed by atoms with E-state index in [1.54, 1.807) is 11.1 Å². The Morgan fingerprint density at radius 1 is 1.30 bits per heavy atom. The van der Waals surface area contributed by atoms with Crippen LogP contribution in [0.4, 0.5) is 4.79 Å². The zero-order valence-electron chi connectivity index (χ0n) is 12.8. The standard InChI is InChI=1S/C16H19N5O2/c22-16(23-11-13-3-1-2-7-17-13)20-8-6-14(9-20)21-10-15(18-19-21)12-4-5-12/h1-3,7,10,12,14H,4-6,8-9,11H2. The van der Waals surface area contributed by atoms with Crippen molar-refractivity contribution in [3.05, 3.63) is 42.0 Å². The number of pyridine rings is 1. The van der Waals surface area contributed by atoms with Gasteiger partial charge in [0.1, 0.15) is 6.61 Å². The molecule has 1 atom stereocenters. The molecule has 0 radical (unpaired) electrons. The summed E-state index contributed by atoms with van der Waals surface area (Å²) >= 11 is 0. The summed E-state index contributed by atoms with van der Waals surface area (Å²) < 4.78 is 7.23. The Kier molecular flexibility index (Phi) is 3.69. The predicted molar refractivity (Wildman–Crippen MR) is 81.6 cm³/mol. The maximum atomic E-state index is 12.1. The molecular weight excluding hydrogens is 294 g/mol. The molecule has 3 heterocycles. The van der Waals surface area contributed by atoms with Crippen LogP contribution in [0.25, 0.3) is 0 Å². The molecule has 7 heteroatoms. The van der Waals surface area contributed by atoms with Gasteiger partial charge >= 0.3 is 6.09 Å². The molecule has 1 aliphatic carbocycles. The van der Waals surface area contributed by atoms with Gasteiger partial charge in [0.05, 0.1) is 17.4 Å². The molecule has 0 spiro atoms. The van der Waals surface area contributed by atoms with Crippen molar-refractivity contribution >= 4 is 6.09 Å². The topological polar surface area (TPSA) is 73.1 Å². The summed E-state index contributed by atoms with van der Waals surface area (Å²) in [5.74, 6) is 0.601. The van der Waals surface area contributed by atoms with Crippen LogP contribution >= 0.6 is 0 Å². The molecule has 2 aromatic rings. The van der Waals surface area contributed by atoms with E-state index in [2.05, 4.69) is 15.3 Å². The third-order valence-corrected chi connectivity index (χ3v) is 4.39. The number of aromatic nitrogens is 4. The van der Waals surface area contributed by atoms with Crippen molar-refractivity contribution in [1.29, 1.82) is 0 Å². The van der Waals surface area contributed by atoms with Gasteiger partial charge in [0.25, 0.3) is 0 Å². The Balaban J connectivity index is 1.31. The monoisotopic (exact) mass is 313 g/mol. The summed E-state index contributed by atoms with van der Waals surface area (Å²) in [6.07, 6.45) is 6.75. The largest absolute Gasteiger partial charge is 0.443 e. The van der Waals surface area contributed by atoms with Gasteiger partial charge in [0, 0.05) is 31.4 Å². The van der Waals surface area contributed by atoms with E-state index in [4.69, 9.17) is 4.74 Å². The fraction of sp³-hybridized carbons (Fsp3) is 0.500. The van der Waals surface area contributed by atoms with Crippen LogP contribution in [0.2, 0.25) is 0 Å². The van der Waals surface area contributed by atoms with Crippen LogP contribution in [0, 0.1) is 0 Å². The van der Waals surface area contributed by atoms with E-state index in [0.717, 1.165) is 17.8 Å². The fourth-order valence-electron chi connectivity index (χ4n) is 2.87. The lowest BCUT2D eigenvalue weighted by Gasteiger charge is -2.16. The van der Waals surface area contributed by atoms with Gasteiger partial charge in [-0.25, -0.2) is 9.48 Å². The van der Waals surface area contributed by atoms with Crippen molar-refractivity contribution in [3.8, 4) is 0 Å². The summed E-state index contributed by atoms with van der Waals surface area (Å²) in [5, 5.41) is 8.46. The average Bonchev–Trinajstić information content (AvgIpc) is 3.12. The van der Waals surface area contributed by atoms with Gasteiger partial charge in [0.2, 0.25) is 0 Å². The number of amides is 1. The Morgan fingerprint density at radius 2 is 2.22 bits per heavy atom. The molecule has 4 rings (SSSR count). The highest BCUT2D eigenvalue weighted by Gasteiger charge is 2.31. The molecule has 2 aromatic heterocycles. The maximum Gasteiger partial charge on any atom is 0.410 e. The number of carbonyl (C=O) groups excluding carboxylic acids is 1. The first-order valence-electron chi connectivity index (χ1n) is 8.03. The number of likely N-dealkylation sites (tertiary alicyclic amines) is 1. The highest BCUT2D eigenvalue weighted by molar-refractivity contribution is 5.68. The van der Waals surface area contributed by atoms with E-state index in [-0.39, 0.29) is 18.7 Å². The van der Waals surface area contributed by atoms with Gasteiger partial charge in [-0.3, -0.25) is 4.98 Å². The highest BCUT2D eigenvalue weighted by atomic mass is 16.6. The molecule has 2 fully saturated rings. The van der Waals surface area contributed by atoms with Gasteiger partial charge in [-0.15, -0.1) is 5.10 Å². The lowest BCUT2D eigenvalue weighted by molar-refractivity contribution is 0.102. The molecule has 2 aliphatic rings. The number of rotatable bonds is 4. The molecule has 1 aliphatic heterocycles. The van der Waals surface area contributed by atoms with Gasteiger partial charge in [-0.05, 0) is 31.4 Å². The van der Waals surface area contributed by atoms with Crippen molar-refractivity contribution in [2.45, 2.75) is 37.8 Å².